The molecule has 1 fully saturated rings. The van der Waals surface area contributed by atoms with Crippen LogP contribution < -0.4 is 10.1 Å². The first-order valence-electron chi connectivity index (χ1n) is 13.9. The van der Waals surface area contributed by atoms with Gasteiger partial charge in [-0.2, -0.15) is 0 Å². The number of hydrogen-bond donors (Lipinski definition) is 1. The van der Waals surface area contributed by atoms with Crippen molar-refractivity contribution in [2.45, 2.75) is 32.2 Å². The smallest absolute Gasteiger partial charge is 0.410 e. The molecule has 10 nitrogen and oxygen atoms in total. The topological polar surface area (TPSA) is 106 Å². The maximum absolute atomic E-state index is 12.1. The molecule has 1 atom stereocenters. The fourth-order valence-electron chi connectivity index (χ4n) is 4.84. The van der Waals surface area contributed by atoms with E-state index in [2.05, 4.69) is 25.2 Å². The number of benzene rings is 2. The summed E-state index contributed by atoms with van der Waals surface area (Å²) in [6.07, 6.45) is 4.40. The lowest BCUT2D eigenvalue weighted by Gasteiger charge is -2.24. The van der Waals surface area contributed by atoms with Crippen LogP contribution in [-0.2, 0) is 17.9 Å². The van der Waals surface area contributed by atoms with Crippen LogP contribution in [-0.4, -0.2) is 57.7 Å². The third kappa shape index (κ3) is 6.34. The normalized spacial score (nSPS) is 15.0. The molecule has 3 aromatic heterocycles. The van der Waals surface area contributed by atoms with Gasteiger partial charge in [-0.3, -0.25) is 9.88 Å². The van der Waals surface area contributed by atoms with E-state index in [-0.39, 0.29) is 12.3 Å². The minimum Gasteiger partial charge on any atom is -0.489 e. The molecule has 214 valence electrons. The van der Waals surface area contributed by atoms with Crippen molar-refractivity contribution in [1.82, 2.24) is 24.8 Å². The Morgan fingerprint density at radius 2 is 1.88 bits per heavy atom. The Morgan fingerprint density at radius 3 is 2.69 bits per heavy atom. The first-order chi connectivity index (χ1) is 20.5. The van der Waals surface area contributed by atoms with Crippen molar-refractivity contribution in [2.24, 2.45) is 0 Å². The molecule has 2 aromatic carbocycles. The lowest BCUT2D eigenvalue weighted by molar-refractivity contribution is -0.00573. The highest BCUT2D eigenvalue weighted by atomic mass is 16.6. The van der Waals surface area contributed by atoms with Crippen molar-refractivity contribution in [1.29, 1.82) is 0 Å². The largest absolute Gasteiger partial charge is 0.489 e. The molecular weight excluding hydrogens is 532 g/mol. The number of furan rings is 1. The van der Waals surface area contributed by atoms with Gasteiger partial charge in [0.1, 0.15) is 36.0 Å². The first kappa shape index (κ1) is 27.2. The Balaban J connectivity index is 1.14. The highest BCUT2D eigenvalue weighted by Gasteiger charge is 2.29. The van der Waals surface area contributed by atoms with Gasteiger partial charge in [0.2, 0.25) is 0 Å². The molecule has 0 aliphatic carbocycles. The quantitative estimate of drug-likeness (QED) is 0.223. The van der Waals surface area contributed by atoms with Crippen LogP contribution in [0, 0.1) is 0 Å². The number of pyridine rings is 1. The molecule has 4 heterocycles. The molecule has 1 aliphatic rings. The van der Waals surface area contributed by atoms with Crippen LogP contribution in [0.1, 0.15) is 24.2 Å². The standard InChI is InChI=1S/C32H32N6O4/c1-37(2)32(39)42-30-9-6-16-38(30)19-25-14-15-29(41-25)27-17-26-28(18-33-27)34-21-35-31(26)36-23-10-12-24(13-11-23)40-20-22-7-4-3-5-8-22/h3-5,7-8,10-15,17-18,21,30H,6,9,16,19-20H2,1-2H3,(H,34,35,36)/t30-/m0/s1. The summed E-state index contributed by atoms with van der Waals surface area (Å²) in [4.78, 5) is 29.1. The highest BCUT2D eigenvalue weighted by molar-refractivity contribution is 5.92. The van der Waals surface area contributed by atoms with Crippen molar-refractivity contribution in [2.75, 3.05) is 26.0 Å². The number of nitrogens with zero attached hydrogens (tertiary/aromatic N) is 5. The van der Waals surface area contributed by atoms with Crippen molar-refractivity contribution < 1.29 is 18.7 Å². The van der Waals surface area contributed by atoms with E-state index in [0.29, 0.717) is 35.9 Å². The van der Waals surface area contributed by atoms with Crippen molar-refractivity contribution in [3.05, 3.63) is 96.6 Å². The van der Waals surface area contributed by atoms with Gasteiger partial charge < -0.3 is 24.1 Å². The molecule has 1 N–H and O–H groups in total. The number of amides is 1. The molecule has 0 radical (unpaired) electrons. The number of aromatic nitrogens is 3. The van der Waals surface area contributed by atoms with Gasteiger partial charge in [-0.25, -0.2) is 14.8 Å². The maximum atomic E-state index is 12.1. The average Bonchev–Trinajstić information content (AvgIpc) is 3.67. The third-order valence-corrected chi connectivity index (χ3v) is 7.07. The zero-order chi connectivity index (χ0) is 28.9. The number of carbonyl (C=O) groups excluding carboxylic acids is 1. The van der Waals surface area contributed by atoms with Crippen LogP contribution in [0.5, 0.6) is 5.75 Å². The van der Waals surface area contributed by atoms with E-state index in [1.165, 1.54) is 11.2 Å². The number of ether oxygens (including phenoxy) is 2. The van der Waals surface area contributed by atoms with Gasteiger partial charge in [0, 0.05) is 31.7 Å². The summed E-state index contributed by atoms with van der Waals surface area (Å²) in [5, 5.41) is 4.21. The molecular formula is C32H32N6O4. The Kier molecular flexibility index (Phi) is 7.96. The molecule has 0 bridgehead atoms. The van der Waals surface area contributed by atoms with Crippen LogP contribution in [0.4, 0.5) is 16.3 Å². The Morgan fingerprint density at radius 1 is 1.05 bits per heavy atom. The van der Waals surface area contributed by atoms with Gasteiger partial charge in [-0.15, -0.1) is 0 Å². The molecule has 5 aromatic rings. The van der Waals surface area contributed by atoms with Gasteiger partial charge >= 0.3 is 6.09 Å². The molecule has 10 heteroatoms. The minimum atomic E-state index is -0.341. The fourth-order valence-corrected chi connectivity index (χ4v) is 4.84. The second-order valence-electron chi connectivity index (χ2n) is 10.3. The van der Waals surface area contributed by atoms with Gasteiger partial charge in [-0.1, -0.05) is 30.3 Å². The molecule has 0 spiro atoms. The number of nitrogens with one attached hydrogen (secondary N) is 1. The van der Waals surface area contributed by atoms with E-state index in [1.54, 1.807) is 20.3 Å². The summed E-state index contributed by atoms with van der Waals surface area (Å²) in [7, 11) is 3.36. The Labute approximate surface area is 243 Å². The number of anilines is 2. The summed E-state index contributed by atoms with van der Waals surface area (Å²) < 4.78 is 17.7. The van der Waals surface area contributed by atoms with Crippen molar-refractivity contribution in [3.63, 3.8) is 0 Å². The summed E-state index contributed by atoms with van der Waals surface area (Å²) in [6, 6.07) is 23.6. The molecule has 1 aliphatic heterocycles. The Hall–Kier alpha value is -4.96. The second kappa shape index (κ2) is 12.3. The van der Waals surface area contributed by atoms with E-state index < -0.39 is 0 Å². The summed E-state index contributed by atoms with van der Waals surface area (Å²) in [5.41, 5.74) is 3.38. The lowest BCUT2D eigenvalue weighted by Crippen LogP contribution is -2.36. The SMILES string of the molecule is CN(C)C(=O)O[C@H]1CCCN1Cc1ccc(-c2cc3c(Nc4ccc(OCc5ccccc5)cc4)ncnc3cn2)o1. The monoisotopic (exact) mass is 564 g/mol. The minimum absolute atomic E-state index is 0.262. The second-order valence-corrected chi connectivity index (χ2v) is 10.3. The predicted octanol–water partition coefficient (Wildman–Crippen LogP) is 6.23. The van der Waals surface area contributed by atoms with Gasteiger partial charge in [0.05, 0.1) is 18.3 Å². The Bertz CT molecular complexity index is 1660. The van der Waals surface area contributed by atoms with Crippen LogP contribution >= 0.6 is 0 Å². The predicted molar refractivity (Wildman–Crippen MR) is 159 cm³/mol. The maximum Gasteiger partial charge on any atom is 0.410 e. The van der Waals surface area contributed by atoms with Crippen LogP contribution in [0.15, 0.2) is 89.7 Å². The van der Waals surface area contributed by atoms with Gasteiger partial charge in [-0.05, 0) is 60.9 Å². The first-order valence-corrected chi connectivity index (χ1v) is 13.9. The van der Waals surface area contributed by atoms with Crippen LogP contribution in [0.2, 0.25) is 0 Å². The zero-order valence-corrected chi connectivity index (χ0v) is 23.6. The number of fused-ring (bicyclic) bond motifs is 1. The third-order valence-electron chi connectivity index (χ3n) is 7.07. The van der Waals surface area contributed by atoms with Crippen LogP contribution in [0.25, 0.3) is 22.4 Å². The summed E-state index contributed by atoms with van der Waals surface area (Å²) >= 11 is 0. The van der Waals surface area contributed by atoms with Crippen molar-refractivity contribution in [3.8, 4) is 17.2 Å². The molecule has 1 saturated heterocycles. The molecule has 42 heavy (non-hydrogen) atoms. The highest BCUT2D eigenvalue weighted by Crippen LogP contribution is 2.30. The zero-order valence-electron chi connectivity index (χ0n) is 23.6. The van der Waals surface area contributed by atoms with E-state index in [4.69, 9.17) is 13.9 Å². The van der Waals surface area contributed by atoms with Gasteiger partial charge in [0.25, 0.3) is 0 Å². The summed E-state index contributed by atoms with van der Waals surface area (Å²) in [6.45, 7) is 1.89. The number of carbonyl (C=O) groups is 1. The molecule has 6 rings (SSSR count). The number of rotatable bonds is 9. The molecule has 1 amide bonds. The van der Waals surface area contributed by atoms with Crippen molar-refractivity contribution >= 4 is 28.5 Å². The van der Waals surface area contributed by atoms with Gasteiger partial charge in [0.15, 0.2) is 12.0 Å². The number of likely N-dealkylation sites (tertiary alicyclic amines) is 1. The summed E-state index contributed by atoms with van der Waals surface area (Å²) in [5.74, 6) is 2.86. The van der Waals surface area contributed by atoms with Crippen LogP contribution in [0.3, 0.4) is 0 Å². The van der Waals surface area contributed by atoms with E-state index >= 15 is 0 Å². The van der Waals surface area contributed by atoms with E-state index in [1.807, 2.05) is 72.8 Å². The number of hydrogen-bond acceptors (Lipinski definition) is 9. The van der Waals surface area contributed by atoms with E-state index in [9.17, 15) is 4.79 Å². The lowest BCUT2D eigenvalue weighted by atomic mass is 10.2. The molecule has 0 saturated carbocycles. The fraction of sp³-hybridized carbons (Fsp3) is 0.250. The van der Waals surface area contributed by atoms with E-state index in [0.717, 1.165) is 47.5 Å². The molecule has 0 unspecified atom stereocenters. The average molecular weight is 565 g/mol.